The van der Waals surface area contributed by atoms with E-state index in [9.17, 15) is 9.59 Å². The first-order valence-corrected chi connectivity index (χ1v) is 8.27. The van der Waals surface area contributed by atoms with Gasteiger partial charge in [-0.15, -0.1) is 0 Å². The number of hydrogen-bond acceptors (Lipinski definition) is 4. The van der Waals surface area contributed by atoms with Gasteiger partial charge in [-0.2, -0.15) is 0 Å². The maximum atomic E-state index is 12.4. The van der Waals surface area contributed by atoms with E-state index >= 15 is 0 Å². The van der Waals surface area contributed by atoms with Crippen molar-refractivity contribution in [2.45, 2.75) is 52.2 Å². The van der Waals surface area contributed by atoms with Crippen molar-refractivity contribution in [3.63, 3.8) is 0 Å². The number of amides is 3. The van der Waals surface area contributed by atoms with Crippen molar-refractivity contribution in [2.75, 3.05) is 32.7 Å². The molecule has 1 unspecified atom stereocenters. The maximum absolute atomic E-state index is 12.4. The summed E-state index contributed by atoms with van der Waals surface area (Å²) >= 11 is 0. The lowest BCUT2D eigenvalue weighted by atomic mass is 10.2. The molecule has 0 aromatic rings. The number of rotatable bonds is 2. The molecule has 2 rings (SSSR count). The van der Waals surface area contributed by atoms with E-state index in [0.717, 1.165) is 24.5 Å². The van der Waals surface area contributed by atoms with E-state index in [2.05, 4.69) is 16.7 Å². The van der Waals surface area contributed by atoms with E-state index in [1.165, 1.54) is 12.8 Å². The highest BCUT2D eigenvalue weighted by Gasteiger charge is 2.39. The van der Waals surface area contributed by atoms with Crippen LogP contribution in [0.1, 0.15) is 40.5 Å². The molecule has 2 aliphatic heterocycles. The molecule has 0 aromatic heterocycles. The fraction of sp³-hybridized carbons (Fsp3) is 0.765. The summed E-state index contributed by atoms with van der Waals surface area (Å²) in [7, 11) is 0. The number of carbonyl (C=O) groups is 2. The highest BCUT2D eigenvalue weighted by atomic mass is 16.6. The zero-order valence-electron chi connectivity index (χ0n) is 14.6. The predicted octanol–water partition coefficient (Wildman–Crippen LogP) is 2.15. The molecule has 0 aromatic carbocycles. The van der Waals surface area contributed by atoms with Gasteiger partial charge in [-0.05, 0) is 53.6 Å². The van der Waals surface area contributed by atoms with Gasteiger partial charge in [0.1, 0.15) is 5.60 Å². The number of ether oxygens (including phenoxy) is 1. The summed E-state index contributed by atoms with van der Waals surface area (Å²) in [5.41, 5.74) is -0.608. The van der Waals surface area contributed by atoms with Crippen molar-refractivity contribution in [3.05, 3.63) is 0 Å². The van der Waals surface area contributed by atoms with Crippen LogP contribution in [0.25, 0.3) is 0 Å². The zero-order valence-corrected chi connectivity index (χ0v) is 14.6. The van der Waals surface area contributed by atoms with Crippen LogP contribution >= 0.6 is 0 Å². The van der Waals surface area contributed by atoms with Crippen LogP contribution in [0.3, 0.4) is 0 Å². The minimum atomic E-state index is -0.608. The molecule has 0 spiro atoms. The first-order valence-electron chi connectivity index (χ1n) is 8.27. The molecular formula is C17H27N3O3. The lowest BCUT2D eigenvalue weighted by Gasteiger charge is -2.23. The summed E-state index contributed by atoms with van der Waals surface area (Å²) in [6.07, 6.45) is 1.91. The van der Waals surface area contributed by atoms with Crippen LogP contribution in [0.15, 0.2) is 0 Å². The zero-order chi connectivity index (χ0) is 17.0. The van der Waals surface area contributed by atoms with Crippen LogP contribution < -0.4 is 0 Å². The second-order valence-corrected chi connectivity index (χ2v) is 7.19. The third kappa shape index (κ3) is 4.87. The molecule has 0 saturated carbocycles. The SMILES string of the molecule is CC1CN(C(=O)OC(C)(C)C)C(=O)N1CC#CCN1CCCC1. The molecule has 2 aliphatic rings. The summed E-state index contributed by atoms with van der Waals surface area (Å²) in [5.74, 6) is 6.18. The smallest absolute Gasteiger partial charge is 0.418 e. The molecule has 6 heteroatoms. The van der Waals surface area contributed by atoms with Gasteiger partial charge in [-0.3, -0.25) is 4.90 Å². The Hall–Kier alpha value is -1.74. The largest absolute Gasteiger partial charge is 0.443 e. The lowest BCUT2D eigenvalue weighted by molar-refractivity contribution is 0.0346. The lowest BCUT2D eigenvalue weighted by Crippen LogP contribution is -2.40. The van der Waals surface area contributed by atoms with E-state index in [0.29, 0.717) is 13.1 Å². The number of carbonyl (C=O) groups excluding carboxylic acids is 2. The second-order valence-electron chi connectivity index (χ2n) is 7.19. The third-order valence-electron chi connectivity index (χ3n) is 3.95. The summed E-state index contributed by atoms with van der Waals surface area (Å²) < 4.78 is 5.28. The number of imide groups is 1. The van der Waals surface area contributed by atoms with Crippen LogP contribution in [0, 0.1) is 11.8 Å². The Morgan fingerprint density at radius 3 is 2.43 bits per heavy atom. The van der Waals surface area contributed by atoms with E-state index < -0.39 is 11.7 Å². The summed E-state index contributed by atoms with van der Waals surface area (Å²) in [5, 5.41) is 0. The third-order valence-corrected chi connectivity index (χ3v) is 3.95. The molecule has 2 heterocycles. The average Bonchev–Trinajstić information content (AvgIpc) is 3.03. The Morgan fingerprint density at radius 2 is 1.83 bits per heavy atom. The highest BCUT2D eigenvalue weighted by Crippen LogP contribution is 2.19. The fourth-order valence-electron chi connectivity index (χ4n) is 2.73. The van der Waals surface area contributed by atoms with Gasteiger partial charge < -0.3 is 9.64 Å². The Kier molecular flexibility index (Phi) is 5.53. The van der Waals surface area contributed by atoms with Crippen molar-refractivity contribution >= 4 is 12.1 Å². The van der Waals surface area contributed by atoms with Gasteiger partial charge in [-0.1, -0.05) is 11.8 Å². The van der Waals surface area contributed by atoms with Crippen LogP contribution in [0.4, 0.5) is 9.59 Å². The van der Waals surface area contributed by atoms with E-state index in [4.69, 9.17) is 4.74 Å². The average molecular weight is 321 g/mol. The molecule has 0 bridgehead atoms. The Labute approximate surface area is 138 Å². The van der Waals surface area contributed by atoms with Crippen molar-refractivity contribution in [3.8, 4) is 11.8 Å². The summed E-state index contributed by atoms with van der Waals surface area (Å²) in [6, 6.07) is -0.363. The molecule has 3 amide bonds. The second kappa shape index (κ2) is 7.22. The van der Waals surface area contributed by atoms with Crippen LogP contribution in [-0.2, 0) is 4.74 Å². The number of hydrogen-bond donors (Lipinski definition) is 0. The molecule has 6 nitrogen and oxygen atoms in total. The van der Waals surface area contributed by atoms with Gasteiger partial charge in [0, 0.05) is 6.04 Å². The minimum Gasteiger partial charge on any atom is -0.443 e. The predicted molar refractivity (Wildman–Crippen MR) is 88.0 cm³/mol. The monoisotopic (exact) mass is 321 g/mol. The van der Waals surface area contributed by atoms with Gasteiger partial charge in [-0.25, -0.2) is 14.5 Å². The van der Waals surface area contributed by atoms with E-state index in [1.807, 2.05) is 6.92 Å². The van der Waals surface area contributed by atoms with Gasteiger partial charge in [0.15, 0.2) is 0 Å². The first kappa shape index (κ1) is 17.6. The van der Waals surface area contributed by atoms with Gasteiger partial charge in [0.05, 0.1) is 19.6 Å². The van der Waals surface area contributed by atoms with Crippen LogP contribution in [0.5, 0.6) is 0 Å². The van der Waals surface area contributed by atoms with Gasteiger partial charge >= 0.3 is 12.1 Å². The molecule has 0 N–H and O–H groups in total. The van der Waals surface area contributed by atoms with E-state index in [1.54, 1.807) is 25.7 Å². The highest BCUT2D eigenvalue weighted by molar-refractivity contribution is 5.93. The molecule has 0 aliphatic carbocycles. The molecule has 23 heavy (non-hydrogen) atoms. The molecule has 1 atom stereocenters. The van der Waals surface area contributed by atoms with Crippen molar-refractivity contribution in [1.82, 2.24) is 14.7 Å². The van der Waals surface area contributed by atoms with Crippen molar-refractivity contribution < 1.29 is 14.3 Å². The van der Waals surface area contributed by atoms with Crippen LogP contribution in [0.2, 0.25) is 0 Å². The van der Waals surface area contributed by atoms with Crippen molar-refractivity contribution in [2.24, 2.45) is 0 Å². The first-order chi connectivity index (χ1) is 10.8. The topological polar surface area (TPSA) is 53.1 Å². The number of likely N-dealkylation sites (tertiary alicyclic amines) is 1. The normalized spacial score (nSPS) is 22.3. The fourth-order valence-corrected chi connectivity index (χ4v) is 2.73. The number of urea groups is 1. The quantitative estimate of drug-likeness (QED) is 0.731. The van der Waals surface area contributed by atoms with E-state index in [-0.39, 0.29) is 12.1 Å². The Bertz CT molecular complexity index is 509. The maximum Gasteiger partial charge on any atom is 0.418 e. The summed E-state index contributed by atoms with van der Waals surface area (Å²) in [6.45, 7) is 11.0. The minimum absolute atomic E-state index is 0.0453. The van der Waals surface area contributed by atoms with Gasteiger partial charge in [0.25, 0.3) is 0 Å². The molecule has 128 valence electrons. The number of nitrogens with zero attached hydrogens (tertiary/aromatic N) is 3. The summed E-state index contributed by atoms with van der Waals surface area (Å²) in [4.78, 5) is 29.6. The molecular weight excluding hydrogens is 294 g/mol. The molecule has 0 radical (unpaired) electrons. The molecule has 2 saturated heterocycles. The van der Waals surface area contributed by atoms with Crippen LogP contribution in [-0.4, -0.2) is 71.2 Å². The van der Waals surface area contributed by atoms with Gasteiger partial charge in [0.2, 0.25) is 0 Å². The Morgan fingerprint density at radius 1 is 1.22 bits per heavy atom. The Balaban J connectivity index is 1.87. The standard InChI is InChI=1S/C17H27N3O3/c1-14-13-20(16(22)23-17(2,3)4)15(21)19(14)12-8-7-11-18-9-5-6-10-18/h14H,5-6,9-13H2,1-4H3. The van der Waals surface area contributed by atoms with Crippen molar-refractivity contribution in [1.29, 1.82) is 0 Å². The molecule has 2 fully saturated rings.